The number of benzene rings is 1. The van der Waals surface area contributed by atoms with E-state index >= 15 is 0 Å². The molecule has 0 bridgehead atoms. The summed E-state index contributed by atoms with van der Waals surface area (Å²) in [6.07, 6.45) is 0. The van der Waals surface area contributed by atoms with Crippen molar-refractivity contribution >= 4 is 0 Å². The Hall–Kier alpha value is -1.10. The molecular formula is C16H27NO3. The van der Waals surface area contributed by atoms with Gasteiger partial charge in [-0.25, -0.2) is 0 Å². The number of methoxy groups -OCH3 is 1. The van der Waals surface area contributed by atoms with Crippen LogP contribution in [0.1, 0.15) is 26.3 Å². The van der Waals surface area contributed by atoms with E-state index < -0.39 is 5.60 Å². The summed E-state index contributed by atoms with van der Waals surface area (Å²) in [6, 6.07) is 7.92. The van der Waals surface area contributed by atoms with Crippen molar-refractivity contribution in [3.05, 3.63) is 29.8 Å². The number of nitrogens with one attached hydrogen (secondary N) is 1. The maximum Gasteiger partial charge on any atom is 0.119 e. The number of rotatable bonds is 9. The van der Waals surface area contributed by atoms with Gasteiger partial charge in [0.2, 0.25) is 0 Å². The Morgan fingerprint density at radius 2 is 1.90 bits per heavy atom. The summed E-state index contributed by atoms with van der Waals surface area (Å²) in [5.74, 6) is 0.943. The molecule has 1 aromatic rings. The number of ether oxygens (including phenoxy) is 2. The molecule has 0 amide bonds. The third-order valence-corrected chi connectivity index (χ3v) is 3.51. The average molecular weight is 281 g/mol. The fourth-order valence-electron chi connectivity index (χ4n) is 1.51. The summed E-state index contributed by atoms with van der Waals surface area (Å²) in [5.41, 5.74) is 0.393. The van der Waals surface area contributed by atoms with E-state index in [1.165, 1.54) is 5.56 Å². The Balaban J connectivity index is 2.39. The van der Waals surface area contributed by atoms with Gasteiger partial charge in [0.25, 0.3) is 0 Å². The zero-order valence-corrected chi connectivity index (χ0v) is 13.0. The van der Waals surface area contributed by atoms with Gasteiger partial charge in [0.1, 0.15) is 12.4 Å². The molecule has 1 unspecified atom stereocenters. The SMILES string of the molecule is COCCNCc1ccc(OCC(C)(O)C(C)C)cc1. The maximum absolute atomic E-state index is 10.1. The first-order valence-corrected chi connectivity index (χ1v) is 7.09. The third-order valence-electron chi connectivity index (χ3n) is 3.51. The lowest BCUT2D eigenvalue weighted by Gasteiger charge is -2.27. The van der Waals surface area contributed by atoms with Gasteiger partial charge in [-0.1, -0.05) is 26.0 Å². The van der Waals surface area contributed by atoms with Crippen LogP contribution in [0.4, 0.5) is 0 Å². The zero-order chi connectivity index (χ0) is 15.0. The second-order valence-electron chi connectivity index (χ2n) is 5.61. The molecule has 0 radical (unpaired) electrons. The summed E-state index contributed by atoms with van der Waals surface area (Å²) >= 11 is 0. The fourth-order valence-corrected chi connectivity index (χ4v) is 1.51. The summed E-state index contributed by atoms with van der Waals surface area (Å²) in [4.78, 5) is 0. The highest BCUT2D eigenvalue weighted by atomic mass is 16.5. The number of aliphatic hydroxyl groups is 1. The van der Waals surface area contributed by atoms with E-state index in [9.17, 15) is 5.11 Å². The van der Waals surface area contributed by atoms with Crippen LogP contribution in [0.15, 0.2) is 24.3 Å². The fraction of sp³-hybridized carbons (Fsp3) is 0.625. The molecule has 20 heavy (non-hydrogen) atoms. The summed E-state index contributed by atoms with van der Waals surface area (Å²) in [5, 5.41) is 13.4. The highest BCUT2D eigenvalue weighted by molar-refractivity contribution is 5.27. The molecule has 0 aliphatic carbocycles. The Labute approximate surface area is 122 Å². The van der Waals surface area contributed by atoms with Gasteiger partial charge in [0.05, 0.1) is 12.2 Å². The van der Waals surface area contributed by atoms with Gasteiger partial charge < -0.3 is 19.9 Å². The Morgan fingerprint density at radius 3 is 2.45 bits per heavy atom. The molecule has 0 spiro atoms. The molecule has 1 rings (SSSR count). The quantitative estimate of drug-likeness (QED) is 0.681. The van der Waals surface area contributed by atoms with Gasteiger partial charge >= 0.3 is 0 Å². The van der Waals surface area contributed by atoms with Crippen molar-refractivity contribution in [2.24, 2.45) is 5.92 Å². The number of hydrogen-bond donors (Lipinski definition) is 2. The van der Waals surface area contributed by atoms with Crippen LogP contribution in [0.2, 0.25) is 0 Å². The van der Waals surface area contributed by atoms with Crippen molar-refractivity contribution in [1.82, 2.24) is 5.32 Å². The minimum atomic E-state index is -0.805. The minimum absolute atomic E-state index is 0.159. The van der Waals surface area contributed by atoms with Crippen LogP contribution in [0.5, 0.6) is 5.75 Å². The first-order valence-electron chi connectivity index (χ1n) is 7.09. The van der Waals surface area contributed by atoms with E-state index in [4.69, 9.17) is 9.47 Å². The molecule has 0 aromatic heterocycles. The van der Waals surface area contributed by atoms with Gasteiger partial charge in [-0.3, -0.25) is 0 Å². The van der Waals surface area contributed by atoms with Gasteiger partial charge in [-0.15, -0.1) is 0 Å². The smallest absolute Gasteiger partial charge is 0.119 e. The lowest BCUT2D eigenvalue weighted by atomic mass is 9.94. The van der Waals surface area contributed by atoms with Crippen molar-refractivity contribution in [1.29, 1.82) is 0 Å². The van der Waals surface area contributed by atoms with E-state index in [1.807, 2.05) is 38.1 Å². The highest BCUT2D eigenvalue weighted by Gasteiger charge is 2.25. The molecule has 114 valence electrons. The predicted octanol–water partition coefficient (Wildman–Crippen LogP) is 2.21. The van der Waals surface area contributed by atoms with Crippen LogP contribution in [0.3, 0.4) is 0 Å². The van der Waals surface area contributed by atoms with Crippen LogP contribution in [-0.4, -0.2) is 37.6 Å². The third kappa shape index (κ3) is 5.90. The lowest BCUT2D eigenvalue weighted by molar-refractivity contribution is -0.0266. The number of hydrogen-bond acceptors (Lipinski definition) is 4. The normalized spacial score (nSPS) is 14.3. The molecule has 1 atom stereocenters. The molecule has 4 nitrogen and oxygen atoms in total. The molecule has 0 saturated carbocycles. The Bertz CT molecular complexity index is 374. The van der Waals surface area contributed by atoms with Crippen molar-refractivity contribution in [2.45, 2.75) is 32.9 Å². The molecule has 0 fully saturated rings. The highest BCUT2D eigenvalue weighted by Crippen LogP contribution is 2.19. The Kier molecular flexibility index (Phi) is 6.99. The van der Waals surface area contributed by atoms with E-state index in [2.05, 4.69) is 5.32 Å². The van der Waals surface area contributed by atoms with Crippen molar-refractivity contribution in [3.8, 4) is 5.75 Å². The molecule has 0 aliphatic heterocycles. The molecule has 1 aromatic carbocycles. The molecule has 4 heteroatoms. The standard InChI is InChI=1S/C16H27NO3/c1-13(2)16(3,18)12-20-15-7-5-14(6-8-15)11-17-9-10-19-4/h5-8,13,17-18H,9-12H2,1-4H3. The second kappa shape index (κ2) is 8.25. The van der Waals surface area contributed by atoms with Crippen LogP contribution in [0.25, 0.3) is 0 Å². The molecule has 0 aliphatic rings. The van der Waals surface area contributed by atoms with E-state index in [1.54, 1.807) is 14.0 Å². The van der Waals surface area contributed by atoms with Crippen LogP contribution < -0.4 is 10.1 Å². The minimum Gasteiger partial charge on any atom is -0.491 e. The van der Waals surface area contributed by atoms with Gasteiger partial charge in [0, 0.05) is 20.2 Å². The van der Waals surface area contributed by atoms with Gasteiger partial charge in [-0.2, -0.15) is 0 Å². The van der Waals surface area contributed by atoms with Crippen LogP contribution in [-0.2, 0) is 11.3 Å². The maximum atomic E-state index is 10.1. The largest absolute Gasteiger partial charge is 0.491 e. The van der Waals surface area contributed by atoms with Crippen LogP contribution in [0, 0.1) is 5.92 Å². The molecule has 0 saturated heterocycles. The molecule has 2 N–H and O–H groups in total. The summed E-state index contributed by atoms with van der Waals surface area (Å²) in [7, 11) is 1.69. The van der Waals surface area contributed by atoms with E-state index in [0.717, 1.165) is 18.8 Å². The lowest BCUT2D eigenvalue weighted by Crippen LogP contribution is -2.37. The summed E-state index contributed by atoms with van der Waals surface area (Å²) < 4.78 is 10.6. The van der Waals surface area contributed by atoms with E-state index in [0.29, 0.717) is 13.2 Å². The first-order chi connectivity index (χ1) is 9.45. The first kappa shape index (κ1) is 17.0. The van der Waals surface area contributed by atoms with E-state index in [-0.39, 0.29) is 5.92 Å². The average Bonchev–Trinajstić information content (AvgIpc) is 2.42. The van der Waals surface area contributed by atoms with Crippen molar-refractivity contribution in [3.63, 3.8) is 0 Å². The molecular weight excluding hydrogens is 254 g/mol. The topological polar surface area (TPSA) is 50.7 Å². The second-order valence-corrected chi connectivity index (χ2v) is 5.61. The van der Waals surface area contributed by atoms with Crippen molar-refractivity contribution < 1.29 is 14.6 Å². The predicted molar refractivity (Wildman–Crippen MR) is 81.0 cm³/mol. The monoisotopic (exact) mass is 281 g/mol. The summed E-state index contributed by atoms with van der Waals surface area (Å²) in [6.45, 7) is 8.43. The van der Waals surface area contributed by atoms with Crippen molar-refractivity contribution in [2.75, 3.05) is 26.9 Å². The zero-order valence-electron chi connectivity index (χ0n) is 13.0. The van der Waals surface area contributed by atoms with Crippen LogP contribution >= 0.6 is 0 Å². The van der Waals surface area contributed by atoms with Gasteiger partial charge in [-0.05, 0) is 30.5 Å². The molecule has 0 heterocycles. The van der Waals surface area contributed by atoms with Gasteiger partial charge in [0.15, 0.2) is 0 Å². The Morgan fingerprint density at radius 1 is 1.25 bits per heavy atom.